The van der Waals surface area contributed by atoms with E-state index < -0.39 is 0 Å². The van der Waals surface area contributed by atoms with Gasteiger partial charge in [-0.15, -0.1) is 0 Å². The molecule has 0 spiro atoms. The van der Waals surface area contributed by atoms with Crippen LogP contribution in [0.5, 0.6) is 0 Å². The van der Waals surface area contributed by atoms with Crippen molar-refractivity contribution in [3.8, 4) is 11.3 Å². The van der Waals surface area contributed by atoms with Gasteiger partial charge in [-0.3, -0.25) is 4.79 Å². The number of nitrogens with zero attached hydrogens (tertiary/aromatic N) is 2. The third-order valence-electron chi connectivity index (χ3n) is 5.15. The third kappa shape index (κ3) is 4.96. The van der Waals surface area contributed by atoms with Crippen molar-refractivity contribution < 1.29 is 9.18 Å². The second-order valence-corrected chi connectivity index (χ2v) is 7.31. The maximum absolute atomic E-state index is 13.5. The molecule has 0 atom stereocenters. The van der Waals surface area contributed by atoms with Gasteiger partial charge in [0, 0.05) is 28.9 Å². The molecular weight excluding hydrogens is 367 g/mol. The highest BCUT2D eigenvalue weighted by Crippen LogP contribution is 2.22. The van der Waals surface area contributed by atoms with Crippen molar-refractivity contribution >= 4 is 17.4 Å². The molecule has 1 heterocycles. The molecular formula is C23H23FN4O. The molecule has 6 heteroatoms. The molecule has 0 unspecified atom stereocenters. The van der Waals surface area contributed by atoms with Crippen molar-refractivity contribution in [1.82, 2.24) is 15.3 Å². The highest BCUT2D eigenvalue weighted by Gasteiger charge is 2.16. The molecule has 5 nitrogen and oxygen atoms in total. The zero-order valence-corrected chi connectivity index (χ0v) is 16.1. The van der Waals surface area contributed by atoms with Crippen LogP contribution in [0.4, 0.5) is 15.9 Å². The first-order valence-electron chi connectivity index (χ1n) is 9.93. The Hall–Kier alpha value is -3.28. The van der Waals surface area contributed by atoms with E-state index >= 15 is 0 Å². The van der Waals surface area contributed by atoms with Crippen molar-refractivity contribution in [3.63, 3.8) is 0 Å². The van der Waals surface area contributed by atoms with E-state index in [2.05, 4.69) is 20.6 Å². The SMILES string of the molecule is O=C(NC1CCCCC1)c1ccc(Nc2cc(-c3cccc(F)c3)ncn2)cc1. The number of carbonyl (C=O) groups is 1. The largest absolute Gasteiger partial charge is 0.349 e. The highest BCUT2D eigenvalue weighted by atomic mass is 19.1. The summed E-state index contributed by atoms with van der Waals surface area (Å²) in [5.74, 6) is 0.259. The molecule has 148 valence electrons. The lowest BCUT2D eigenvalue weighted by Crippen LogP contribution is -2.36. The number of rotatable bonds is 5. The molecule has 2 aromatic carbocycles. The van der Waals surface area contributed by atoms with Crippen LogP contribution >= 0.6 is 0 Å². The van der Waals surface area contributed by atoms with E-state index in [-0.39, 0.29) is 17.8 Å². The molecule has 29 heavy (non-hydrogen) atoms. The fourth-order valence-corrected chi connectivity index (χ4v) is 3.60. The number of benzene rings is 2. The van der Waals surface area contributed by atoms with Gasteiger partial charge in [0.1, 0.15) is 18.0 Å². The number of nitrogens with one attached hydrogen (secondary N) is 2. The molecule has 0 radical (unpaired) electrons. The van der Waals surface area contributed by atoms with E-state index in [4.69, 9.17) is 0 Å². The predicted octanol–water partition coefficient (Wildman–Crippen LogP) is 5.09. The van der Waals surface area contributed by atoms with Crippen LogP contribution in [-0.4, -0.2) is 21.9 Å². The Bertz CT molecular complexity index is 984. The lowest BCUT2D eigenvalue weighted by Gasteiger charge is -2.22. The second-order valence-electron chi connectivity index (χ2n) is 7.31. The van der Waals surface area contributed by atoms with Crippen LogP contribution in [0.25, 0.3) is 11.3 Å². The van der Waals surface area contributed by atoms with Crippen LogP contribution in [-0.2, 0) is 0 Å². The zero-order chi connectivity index (χ0) is 20.1. The number of amides is 1. The Morgan fingerprint density at radius 1 is 0.966 bits per heavy atom. The Balaban J connectivity index is 1.42. The summed E-state index contributed by atoms with van der Waals surface area (Å²) in [7, 11) is 0. The minimum absolute atomic E-state index is 0.0288. The quantitative estimate of drug-likeness (QED) is 0.637. The average Bonchev–Trinajstić information content (AvgIpc) is 2.75. The topological polar surface area (TPSA) is 66.9 Å². The smallest absolute Gasteiger partial charge is 0.251 e. The maximum atomic E-state index is 13.5. The summed E-state index contributed by atoms with van der Waals surface area (Å²) in [6, 6.07) is 15.6. The molecule has 1 saturated carbocycles. The van der Waals surface area contributed by atoms with Gasteiger partial charge in [0.15, 0.2) is 0 Å². The molecule has 1 amide bonds. The first-order valence-corrected chi connectivity index (χ1v) is 9.93. The Morgan fingerprint density at radius 2 is 1.76 bits per heavy atom. The highest BCUT2D eigenvalue weighted by molar-refractivity contribution is 5.94. The maximum Gasteiger partial charge on any atom is 0.251 e. The van der Waals surface area contributed by atoms with Crippen molar-refractivity contribution in [2.75, 3.05) is 5.32 Å². The number of carbonyl (C=O) groups excluding carboxylic acids is 1. The number of anilines is 2. The van der Waals surface area contributed by atoms with E-state index in [1.54, 1.807) is 30.3 Å². The van der Waals surface area contributed by atoms with Crippen LogP contribution in [0.1, 0.15) is 42.5 Å². The lowest BCUT2D eigenvalue weighted by atomic mass is 9.95. The van der Waals surface area contributed by atoms with E-state index in [0.29, 0.717) is 22.6 Å². The molecule has 0 saturated heterocycles. The molecule has 1 fully saturated rings. The molecule has 2 N–H and O–H groups in total. The average molecular weight is 390 g/mol. The molecule has 0 bridgehead atoms. The summed E-state index contributed by atoms with van der Waals surface area (Å²) in [6.45, 7) is 0. The van der Waals surface area contributed by atoms with Gasteiger partial charge < -0.3 is 10.6 Å². The second kappa shape index (κ2) is 8.82. The van der Waals surface area contributed by atoms with E-state index in [1.807, 2.05) is 12.1 Å². The van der Waals surface area contributed by atoms with Gasteiger partial charge in [-0.1, -0.05) is 31.4 Å². The summed E-state index contributed by atoms with van der Waals surface area (Å²) >= 11 is 0. The van der Waals surface area contributed by atoms with Crippen LogP contribution in [0.2, 0.25) is 0 Å². The minimum atomic E-state index is -0.308. The molecule has 4 rings (SSSR count). The van der Waals surface area contributed by atoms with Gasteiger partial charge in [-0.25, -0.2) is 14.4 Å². The van der Waals surface area contributed by atoms with Gasteiger partial charge >= 0.3 is 0 Å². The predicted molar refractivity (Wildman–Crippen MR) is 111 cm³/mol. The first-order chi connectivity index (χ1) is 14.2. The Kier molecular flexibility index (Phi) is 5.79. The van der Waals surface area contributed by atoms with Crippen molar-refractivity contribution in [1.29, 1.82) is 0 Å². The minimum Gasteiger partial charge on any atom is -0.349 e. The number of hydrogen-bond acceptors (Lipinski definition) is 4. The Labute approximate surface area is 169 Å². The van der Waals surface area contributed by atoms with Gasteiger partial charge in [0.2, 0.25) is 0 Å². The van der Waals surface area contributed by atoms with E-state index in [9.17, 15) is 9.18 Å². The lowest BCUT2D eigenvalue weighted by molar-refractivity contribution is 0.0927. The number of halogens is 1. The van der Waals surface area contributed by atoms with Crippen molar-refractivity contribution in [2.24, 2.45) is 0 Å². The number of aromatic nitrogens is 2. The Morgan fingerprint density at radius 3 is 2.52 bits per heavy atom. The van der Waals surface area contributed by atoms with Crippen molar-refractivity contribution in [2.45, 2.75) is 38.1 Å². The van der Waals surface area contributed by atoms with Crippen LogP contribution in [0.3, 0.4) is 0 Å². The molecule has 1 aliphatic carbocycles. The summed E-state index contributed by atoms with van der Waals surface area (Å²) < 4.78 is 13.5. The first kappa shape index (κ1) is 19.1. The number of hydrogen-bond donors (Lipinski definition) is 2. The van der Waals surface area contributed by atoms with Crippen LogP contribution in [0.15, 0.2) is 60.9 Å². The summed E-state index contributed by atoms with van der Waals surface area (Å²) in [5, 5.41) is 6.32. The normalized spacial score (nSPS) is 14.4. The summed E-state index contributed by atoms with van der Waals surface area (Å²) in [6.07, 6.45) is 7.19. The van der Waals surface area contributed by atoms with Crippen molar-refractivity contribution in [3.05, 3.63) is 72.3 Å². The fraction of sp³-hybridized carbons (Fsp3) is 0.261. The summed E-state index contributed by atoms with van der Waals surface area (Å²) in [4.78, 5) is 20.9. The van der Waals surface area contributed by atoms with Gasteiger partial charge in [-0.05, 0) is 49.2 Å². The zero-order valence-electron chi connectivity index (χ0n) is 16.1. The fourth-order valence-electron chi connectivity index (χ4n) is 3.60. The van der Waals surface area contributed by atoms with E-state index in [0.717, 1.165) is 18.5 Å². The summed E-state index contributed by atoms with van der Waals surface area (Å²) in [5.41, 5.74) is 2.77. The van der Waals surface area contributed by atoms with Gasteiger partial charge in [0.25, 0.3) is 5.91 Å². The van der Waals surface area contributed by atoms with E-state index in [1.165, 1.54) is 37.7 Å². The molecule has 0 aliphatic heterocycles. The standard InChI is InChI=1S/C23H23FN4O/c24-18-6-4-5-17(13-18)21-14-22(26-15-25-21)27-20-11-9-16(10-12-20)23(29)28-19-7-2-1-3-8-19/h4-6,9-15,19H,1-3,7-8H2,(H,28,29)(H,25,26,27). The molecule has 3 aromatic rings. The van der Waals surface area contributed by atoms with Crippen LogP contribution < -0.4 is 10.6 Å². The van der Waals surface area contributed by atoms with Crippen LogP contribution in [0, 0.1) is 5.82 Å². The monoisotopic (exact) mass is 390 g/mol. The molecule has 1 aliphatic rings. The van der Waals surface area contributed by atoms with Gasteiger partial charge in [0.05, 0.1) is 5.69 Å². The third-order valence-corrected chi connectivity index (χ3v) is 5.15. The molecule has 1 aromatic heterocycles. The van der Waals surface area contributed by atoms with Gasteiger partial charge in [-0.2, -0.15) is 0 Å².